The van der Waals surface area contributed by atoms with E-state index in [9.17, 15) is 18.0 Å². The van der Waals surface area contributed by atoms with Gasteiger partial charge in [-0.3, -0.25) is 9.69 Å². The van der Waals surface area contributed by atoms with Crippen LogP contribution in [0.2, 0.25) is 0 Å². The molecule has 5 nitrogen and oxygen atoms in total. The molecule has 1 aromatic carbocycles. The van der Waals surface area contributed by atoms with Crippen molar-refractivity contribution in [2.45, 2.75) is 37.5 Å². The van der Waals surface area contributed by atoms with Gasteiger partial charge in [0.25, 0.3) is 0 Å². The monoisotopic (exact) mass is 392 g/mol. The molecule has 0 saturated carbocycles. The molecule has 0 atom stereocenters. The summed E-state index contributed by atoms with van der Waals surface area (Å²) in [5.74, 6) is 0.108. The average molecular weight is 392 g/mol. The highest BCUT2D eigenvalue weighted by molar-refractivity contribution is 5.77. The zero-order chi connectivity index (χ0) is 19.9. The molecule has 2 aliphatic heterocycles. The molecule has 4 rings (SSSR count). The molecule has 0 radical (unpaired) electrons. The van der Waals surface area contributed by atoms with Gasteiger partial charge in [0.2, 0.25) is 5.91 Å². The summed E-state index contributed by atoms with van der Waals surface area (Å²) in [5.41, 5.74) is 1.80. The van der Waals surface area contributed by atoms with Crippen molar-refractivity contribution in [2.75, 3.05) is 26.7 Å². The van der Waals surface area contributed by atoms with Gasteiger partial charge in [0.1, 0.15) is 12.2 Å². The van der Waals surface area contributed by atoms with E-state index in [0.717, 1.165) is 30.2 Å². The molecule has 1 saturated heterocycles. The van der Waals surface area contributed by atoms with Gasteiger partial charge in [-0.25, -0.2) is 4.98 Å². The first kappa shape index (κ1) is 19.0. The maximum absolute atomic E-state index is 12.6. The third-order valence-electron chi connectivity index (χ3n) is 6.03. The second-order valence-corrected chi connectivity index (χ2v) is 7.61. The molecule has 2 aromatic rings. The summed E-state index contributed by atoms with van der Waals surface area (Å²) in [5, 5.41) is 0. The molecular formula is C20H23F3N4O. The summed E-state index contributed by atoms with van der Waals surface area (Å²) in [6.07, 6.45) is -2.80. The second-order valence-electron chi connectivity index (χ2n) is 7.61. The van der Waals surface area contributed by atoms with Gasteiger partial charge in [0.15, 0.2) is 0 Å². The number of imidazole rings is 1. The Hall–Kier alpha value is -2.35. The van der Waals surface area contributed by atoms with Crippen molar-refractivity contribution in [3.8, 4) is 11.3 Å². The minimum atomic E-state index is -4.46. The Morgan fingerprint density at radius 2 is 1.79 bits per heavy atom. The molecular weight excluding hydrogens is 369 g/mol. The van der Waals surface area contributed by atoms with Crippen LogP contribution in [0, 0.1) is 0 Å². The summed E-state index contributed by atoms with van der Waals surface area (Å²) < 4.78 is 39.9. The number of carbonyl (C=O) groups excluding carboxylic acids is 1. The van der Waals surface area contributed by atoms with E-state index in [1.807, 2.05) is 43.6 Å². The smallest absolute Gasteiger partial charge is 0.342 e. The number of amides is 1. The molecule has 0 aliphatic carbocycles. The summed E-state index contributed by atoms with van der Waals surface area (Å²) >= 11 is 0. The van der Waals surface area contributed by atoms with Crippen molar-refractivity contribution in [2.24, 2.45) is 0 Å². The van der Waals surface area contributed by atoms with Gasteiger partial charge in [-0.15, -0.1) is 0 Å². The molecule has 0 N–H and O–H groups in total. The first-order valence-corrected chi connectivity index (χ1v) is 9.47. The van der Waals surface area contributed by atoms with E-state index in [1.54, 1.807) is 0 Å². The van der Waals surface area contributed by atoms with Gasteiger partial charge in [-0.2, -0.15) is 13.2 Å². The fraction of sp³-hybridized carbons (Fsp3) is 0.500. The zero-order valence-electron chi connectivity index (χ0n) is 15.7. The van der Waals surface area contributed by atoms with Crippen molar-refractivity contribution in [3.63, 3.8) is 0 Å². The van der Waals surface area contributed by atoms with Crippen LogP contribution in [0.3, 0.4) is 0 Å². The van der Waals surface area contributed by atoms with E-state index in [4.69, 9.17) is 4.98 Å². The Bertz CT molecular complexity index is 854. The number of likely N-dealkylation sites (tertiary alicyclic amines) is 1. The molecule has 1 fully saturated rings. The number of hydrogen-bond donors (Lipinski definition) is 0. The minimum Gasteiger partial charge on any atom is -0.342 e. The quantitative estimate of drug-likeness (QED) is 0.788. The van der Waals surface area contributed by atoms with Crippen LogP contribution in [0.4, 0.5) is 13.2 Å². The topological polar surface area (TPSA) is 41.4 Å². The van der Waals surface area contributed by atoms with Gasteiger partial charge in [-0.05, 0) is 25.5 Å². The highest BCUT2D eigenvalue weighted by atomic mass is 19.4. The molecule has 0 bridgehead atoms. The van der Waals surface area contributed by atoms with Crippen LogP contribution in [0.25, 0.3) is 11.3 Å². The van der Waals surface area contributed by atoms with Crippen LogP contribution in [0.5, 0.6) is 0 Å². The number of rotatable bonds is 2. The van der Waals surface area contributed by atoms with Crippen molar-refractivity contribution < 1.29 is 18.0 Å². The fourth-order valence-electron chi connectivity index (χ4n) is 4.46. The number of benzene rings is 1. The molecule has 150 valence electrons. The first-order chi connectivity index (χ1) is 13.3. The molecule has 1 amide bonds. The van der Waals surface area contributed by atoms with E-state index in [-0.39, 0.29) is 5.54 Å². The standard InChI is InChI=1S/C20H23F3N4O/c1-25-11-12-27-16(15-5-3-2-4-6-15)14-24-18(27)19(25)7-9-26(10-8-19)17(28)13-20(21,22)23/h2-6,14H,7-13H2,1H3. The number of fused-ring (bicyclic) bond motifs is 2. The Balaban J connectivity index is 1.59. The lowest BCUT2D eigenvalue weighted by molar-refractivity contribution is -0.163. The molecule has 28 heavy (non-hydrogen) atoms. The molecule has 1 spiro atoms. The third-order valence-corrected chi connectivity index (χ3v) is 6.03. The first-order valence-electron chi connectivity index (χ1n) is 9.47. The summed E-state index contributed by atoms with van der Waals surface area (Å²) in [4.78, 5) is 20.3. The lowest BCUT2D eigenvalue weighted by Gasteiger charge is -2.49. The summed E-state index contributed by atoms with van der Waals surface area (Å²) in [6, 6.07) is 10.1. The number of aromatic nitrogens is 2. The number of hydrogen-bond acceptors (Lipinski definition) is 3. The van der Waals surface area contributed by atoms with Gasteiger partial charge in [-0.1, -0.05) is 30.3 Å². The maximum Gasteiger partial charge on any atom is 0.397 e. The molecule has 1 aromatic heterocycles. The molecule has 8 heteroatoms. The number of halogens is 3. The van der Waals surface area contributed by atoms with E-state index < -0.39 is 18.5 Å². The van der Waals surface area contributed by atoms with E-state index in [1.165, 1.54) is 4.90 Å². The lowest BCUT2D eigenvalue weighted by Crippen LogP contribution is -2.57. The number of carbonyl (C=O) groups is 1. The number of alkyl halides is 3. The van der Waals surface area contributed by atoms with Crippen LogP contribution in [0.1, 0.15) is 25.1 Å². The van der Waals surface area contributed by atoms with E-state index in [0.29, 0.717) is 25.9 Å². The van der Waals surface area contributed by atoms with Crippen LogP contribution in [0.15, 0.2) is 36.5 Å². The van der Waals surface area contributed by atoms with Gasteiger partial charge >= 0.3 is 6.18 Å². The van der Waals surface area contributed by atoms with Crippen molar-refractivity contribution >= 4 is 5.91 Å². The molecule has 3 heterocycles. The predicted octanol–water partition coefficient (Wildman–Crippen LogP) is 3.27. The van der Waals surface area contributed by atoms with Gasteiger partial charge < -0.3 is 9.47 Å². The Kier molecular flexibility index (Phi) is 4.69. The summed E-state index contributed by atoms with van der Waals surface area (Å²) in [7, 11) is 2.04. The minimum absolute atomic E-state index is 0.312. The van der Waals surface area contributed by atoms with E-state index >= 15 is 0 Å². The van der Waals surface area contributed by atoms with Crippen LogP contribution in [-0.4, -0.2) is 58.1 Å². The lowest BCUT2D eigenvalue weighted by atomic mass is 9.83. The Labute approximate surface area is 161 Å². The third kappa shape index (κ3) is 3.30. The SMILES string of the molecule is CN1CCn2c(-c3ccccc3)cnc2C12CCN(C(=O)CC(F)(F)F)CC2. The van der Waals surface area contributed by atoms with Crippen molar-refractivity contribution in [3.05, 3.63) is 42.4 Å². The molecule has 0 unspecified atom stereocenters. The second kappa shape index (κ2) is 6.92. The predicted molar refractivity (Wildman–Crippen MR) is 98.5 cm³/mol. The number of piperidine rings is 1. The van der Waals surface area contributed by atoms with Gasteiger partial charge in [0, 0.05) is 26.2 Å². The largest absolute Gasteiger partial charge is 0.397 e. The number of likely N-dealkylation sites (N-methyl/N-ethyl adjacent to an activating group) is 1. The molecule has 2 aliphatic rings. The highest BCUT2D eigenvalue weighted by Crippen LogP contribution is 2.41. The van der Waals surface area contributed by atoms with Crippen LogP contribution < -0.4 is 0 Å². The zero-order valence-corrected chi connectivity index (χ0v) is 15.7. The van der Waals surface area contributed by atoms with Crippen LogP contribution in [-0.2, 0) is 16.9 Å². The summed E-state index contributed by atoms with van der Waals surface area (Å²) in [6.45, 7) is 2.27. The fourth-order valence-corrected chi connectivity index (χ4v) is 4.46. The van der Waals surface area contributed by atoms with Crippen molar-refractivity contribution in [1.82, 2.24) is 19.4 Å². The van der Waals surface area contributed by atoms with Crippen molar-refractivity contribution in [1.29, 1.82) is 0 Å². The number of nitrogens with zero attached hydrogens (tertiary/aromatic N) is 4. The van der Waals surface area contributed by atoms with E-state index in [2.05, 4.69) is 9.47 Å². The Morgan fingerprint density at radius 3 is 2.43 bits per heavy atom. The van der Waals surface area contributed by atoms with Crippen LogP contribution >= 0.6 is 0 Å². The maximum atomic E-state index is 12.6. The average Bonchev–Trinajstić information content (AvgIpc) is 3.10. The van der Waals surface area contributed by atoms with Gasteiger partial charge in [0.05, 0.1) is 17.4 Å². The normalized spacial score (nSPS) is 19.6. The Morgan fingerprint density at radius 1 is 1.11 bits per heavy atom. The highest BCUT2D eigenvalue weighted by Gasteiger charge is 2.47.